The van der Waals surface area contributed by atoms with Crippen molar-refractivity contribution in [3.05, 3.63) is 35.1 Å². The summed E-state index contributed by atoms with van der Waals surface area (Å²) in [5, 5.41) is 4.29. The number of hydrogen-bond acceptors (Lipinski definition) is 2. The maximum atomic E-state index is 13.4. The molecule has 0 radical (unpaired) electrons. The third-order valence-electron chi connectivity index (χ3n) is 3.56. The van der Waals surface area contributed by atoms with Gasteiger partial charge in [-0.05, 0) is 43.2 Å². The van der Waals surface area contributed by atoms with Crippen molar-refractivity contribution in [1.29, 1.82) is 0 Å². The van der Waals surface area contributed by atoms with Crippen molar-refractivity contribution in [2.45, 2.75) is 44.0 Å². The summed E-state index contributed by atoms with van der Waals surface area (Å²) in [6.45, 7) is 2.58. The summed E-state index contributed by atoms with van der Waals surface area (Å²) in [6, 6.07) is 6.10. The van der Waals surface area contributed by atoms with Gasteiger partial charge in [-0.15, -0.1) is 0 Å². The van der Waals surface area contributed by atoms with Crippen LogP contribution in [0.15, 0.2) is 18.2 Å². The second-order valence-corrected chi connectivity index (χ2v) is 5.85. The molecule has 0 aliphatic heterocycles. The molecule has 3 heteroatoms. The van der Waals surface area contributed by atoms with Gasteiger partial charge in [-0.1, -0.05) is 18.6 Å². The fourth-order valence-corrected chi connectivity index (χ4v) is 3.40. The van der Waals surface area contributed by atoms with Gasteiger partial charge < -0.3 is 5.32 Å². The topological polar surface area (TPSA) is 12.0 Å². The van der Waals surface area contributed by atoms with Gasteiger partial charge in [-0.25, -0.2) is 4.39 Å². The minimum absolute atomic E-state index is 0.0999. The third-order valence-corrected chi connectivity index (χ3v) is 4.73. The molecule has 17 heavy (non-hydrogen) atoms. The Bertz CT molecular complexity index is 380. The Morgan fingerprint density at radius 3 is 2.94 bits per heavy atom. The first kappa shape index (κ1) is 12.9. The Labute approximate surface area is 107 Å². The minimum atomic E-state index is -0.0999. The van der Waals surface area contributed by atoms with Crippen molar-refractivity contribution < 1.29 is 4.39 Å². The lowest BCUT2D eigenvalue weighted by Gasteiger charge is -2.19. The molecule has 1 nitrogen and oxygen atoms in total. The van der Waals surface area contributed by atoms with Gasteiger partial charge in [0.1, 0.15) is 5.82 Å². The van der Waals surface area contributed by atoms with E-state index in [0.29, 0.717) is 6.04 Å². The molecule has 1 fully saturated rings. The van der Waals surface area contributed by atoms with Gasteiger partial charge in [0.2, 0.25) is 0 Å². The Morgan fingerprint density at radius 1 is 1.41 bits per heavy atom. The standard InChI is InChI=1S/C14H20FNS/c1-10-6-7-11(8-12(10)15)9-16-13-4-3-5-14(13)17-2/h6-8,13-14,16H,3-5,9H2,1-2H3. The van der Waals surface area contributed by atoms with E-state index >= 15 is 0 Å². The molecule has 1 N–H and O–H groups in total. The molecule has 1 aromatic carbocycles. The quantitative estimate of drug-likeness (QED) is 0.881. The van der Waals surface area contributed by atoms with Crippen molar-refractivity contribution in [2.24, 2.45) is 0 Å². The Kier molecular flexibility index (Phi) is 4.46. The van der Waals surface area contributed by atoms with Gasteiger partial charge >= 0.3 is 0 Å². The molecule has 1 aliphatic rings. The molecule has 94 valence electrons. The number of rotatable bonds is 4. The lowest BCUT2D eigenvalue weighted by molar-refractivity contribution is 0.529. The molecular formula is C14H20FNS. The van der Waals surface area contributed by atoms with Crippen LogP contribution in [-0.2, 0) is 6.54 Å². The van der Waals surface area contributed by atoms with Gasteiger partial charge in [-0.2, -0.15) is 11.8 Å². The molecule has 2 unspecified atom stereocenters. The van der Waals surface area contributed by atoms with E-state index in [1.807, 2.05) is 23.9 Å². The van der Waals surface area contributed by atoms with Crippen LogP contribution in [0.25, 0.3) is 0 Å². The summed E-state index contributed by atoms with van der Waals surface area (Å²) in [4.78, 5) is 0. The zero-order chi connectivity index (χ0) is 12.3. The van der Waals surface area contributed by atoms with E-state index < -0.39 is 0 Å². The van der Waals surface area contributed by atoms with E-state index in [4.69, 9.17) is 0 Å². The highest BCUT2D eigenvalue weighted by atomic mass is 32.2. The molecule has 0 amide bonds. The van der Waals surface area contributed by atoms with Crippen molar-refractivity contribution in [2.75, 3.05) is 6.26 Å². The Hall–Kier alpha value is -0.540. The van der Waals surface area contributed by atoms with Gasteiger partial charge in [0.05, 0.1) is 0 Å². The molecule has 1 saturated carbocycles. The molecule has 0 heterocycles. The smallest absolute Gasteiger partial charge is 0.126 e. The summed E-state index contributed by atoms with van der Waals surface area (Å²) < 4.78 is 13.4. The average Bonchev–Trinajstić information content (AvgIpc) is 2.78. The van der Waals surface area contributed by atoms with Crippen molar-refractivity contribution >= 4 is 11.8 Å². The summed E-state index contributed by atoms with van der Waals surface area (Å²) in [7, 11) is 0. The Morgan fingerprint density at radius 2 is 2.24 bits per heavy atom. The maximum Gasteiger partial charge on any atom is 0.126 e. The van der Waals surface area contributed by atoms with E-state index in [1.165, 1.54) is 19.3 Å². The predicted molar refractivity (Wildman–Crippen MR) is 72.9 cm³/mol. The van der Waals surface area contributed by atoms with Crippen LogP contribution in [-0.4, -0.2) is 17.5 Å². The van der Waals surface area contributed by atoms with Crippen LogP contribution in [0.1, 0.15) is 30.4 Å². The first-order chi connectivity index (χ1) is 8.20. The van der Waals surface area contributed by atoms with Gasteiger partial charge in [0.15, 0.2) is 0 Å². The SMILES string of the molecule is CSC1CCCC1NCc1ccc(C)c(F)c1. The van der Waals surface area contributed by atoms with Crippen LogP contribution in [0.3, 0.4) is 0 Å². The summed E-state index contributed by atoms with van der Waals surface area (Å²) in [5.74, 6) is -0.0999. The van der Waals surface area contributed by atoms with Gasteiger partial charge in [0.25, 0.3) is 0 Å². The molecule has 1 aliphatic carbocycles. The van der Waals surface area contributed by atoms with Crippen LogP contribution in [0.4, 0.5) is 4.39 Å². The van der Waals surface area contributed by atoms with Gasteiger partial charge in [-0.3, -0.25) is 0 Å². The largest absolute Gasteiger partial charge is 0.309 e. The lowest BCUT2D eigenvalue weighted by atomic mass is 10.1. The van der Waals surface area contributed by atoms with Crippen LogP contribution in [0.2, 0.25) is 0 Å². The summed E-state index contributed by atoms with van der Waals surface area (Å²) in [5.41, 5.74) is 1.76. The minimum Gasteiger partial charge on any atom is -0.309 e. The number of aryl methyl sites for hydroxylation is 1. The highest BCUT2D eigenvalue weighted by molar-refractivity contribution is 7.99. The van der Waals surface area contributed by atoms with Crippen LogP contribution >= 0.6 is 11.8 Å². The van der Waals surface area contributed by atoms with Crippen LogP contribution in [0, 0.1) is 12.7 Å². The van der Waals surface area contributed by atoms with E-state index in [0.717, 1.165) is 22.9 Å². The molecule has 0 saturated heterocycles. The number of nitrogens with one attached hydrogen (secondary N) is 1. The second kappa shape index (κ2) is 5.87. The molecule has 0 bridgehead atoms. The lowest BCUT2D eigenvalue weighted by Crippen LogP contribution is -2.33. The Balaban J connectivity index is 1.91. The van der Waals surface area contributed by atoms with E-state index in [1.54, 1.807) is 13.0 Å². The molecular weight excluding hydrogens is 233 g/mol. The third kappa shape index (κ3) is 3.23. The molecule has 2 atom stereocenters. The summed E-state index contributed by atoms with van der Waals surface area (Å²) in [6.07, 6.45) is 6.04. The molecule has 0 spiro atoms. The molecule has 1 aromatic rings. The number of halogens is 1. The first-order valence-electron chi connectivity index (χ1n) is 6.22. The predicted octanol–water partition coefficient (Wildman–Crippen LogP) is 3.51. The van der Waals surface area contributed by atoms with E-state index in [-0.39, 0.29) is 5.82 Å². The summed E-state index contributed by atoms with van der Waals surface area (Å²) >= 11 is 1.94. The van der Waals surface area contributed by atoms with Crippen molar-refractivity contribution in [3.8, 4) is 0 Å². The fraction of sp³-hybridized carbons (Fsp3) is 0.571. The highest BCUT2D eigenvalue weighted by Crippen LogP contribution is 2.28. The average molecular weight is 253 g/mol. The number of benzene rings is 1. The van der Waals surface area contributed by atoms with Crippen LogP contribution < -0.4 is 5.32 Å². The second-order valence-electron chi connectivity index (χ2n) is 4.78. The highest BCUT2D eigenvalue weighted by Gasteiger charge is 2.25. The van der Waals surface area contributed by atoms with Crippen molar-refractivity contribution in [1.82, 2.24) is 5.32 Å². The molecule has 2 rings (SSSR count). The first-order valence-corrected chi connectivity index (χ1v) is 7.50. The van der Waals surface area contributed by atoms with Crippen LogP contribution in [0.5, 0.6) is 0 Å². The monoisotopic (exact) mass is 253 g/mol. The fourth-order valence-electron chi connectivity index (χ4n) is 2.44. The normalized spacial score (nSPS) is 24.2. The van der Waals surface area contributed by atoms with Gasteiger partial charge in [0, 0.05) is 17.8 Å². The zero-order valence-electron chi connectivity index (χ0n) is 10.5. The van der Waals surface area contributed by atoms with Crippen molar-refractivity contribution in [3.63, 3.8) is 0 Å². The maximum absolute atomic E-state index is 13.4. The van der Waals surface area contributed by atoms with E-state index in [2.05, 4.69) is 11.6 Å². The number of hydrogen-bond donors (Lipinski definition) is 1. The van der Waals surface area contributed by atoms with E-state index in [9.17, 15) is 4.39 Å². The number of thioether (sulfide) groups is 1. The zero-order valence-corrected chi connectivity index (χ0v) is 11.3. The molecule has 0 aromatic heterocycles.